The molecule has 1 aliphatic rings. The molecule has 3 aromatic rings. The van der Waals surface area contributed by atoms with Crippen LogP contribution in [0.2, 0.25) is 0 Å². The highest BCUT2D eigenvalue weighted by Crippen LogP contribution is 2.23. The number of carbonyl (C=O) groups excluding carboxylic acids is 2. The van der Waals surface area contributed by atoms with Gasteiger partial charge in [-0.05, 0) is 38.4 Å². The molecule has 4 rings (SSSR count). The molecule has 0 atom stereocenters. The Bertz CT molecular complexity index is 1020. The molecule has 138 valence electrons. The van der Waals surface area contributed by atoms with Crippen molar-refractivity contribution >= 4 is 17.5 Å². The largest absolute Gasteiger partial charge is 0.365 e. The van der Waals surface area contributed by atoms with E-state index in [4.69, 9.17) is 5.73 Å². The summed E-state index contributed by atoms with van der Waals surface area (Å²) in [5, 5.41) is 4.19. The lowest BCUT2D eigenvalue weighted by Crippen LogP contribution is -2.59. The quantitative estimate of drug-likeness (QED) is 0.741. The van der Waals surface area contributed by atoms with Gasteiger partial charge in [-0.25, -0.2) is 9.50 Å². The molecular weight excluding hydrogens is 344 g/mol. The number of rotatable bonds is 4. The van der Waals surface area contributed by atoms with Crippen molar-refractivity contribution in [3.63, 3.8) is 0 Å². The minimum Gasteiger partial charge on any atom is -0.365 e. The number of nitrogens with two attached hydrogens (primary N) is 1. The van der Waals surface area contributed by atoms with Crippen LogP contribution in [0.5, 0.6) is 0 Å². The van der Waals surface area contributed by atoms with Gasteiger partial charge in [0, 0.05) is 30.3 Å². The molecule has 1 aromatic carbocycles. The fraction of sp³-hybridized carbons (Fsp3) is 0.263. The van der Waals surface area contributed by atoms with E-state index in [0.29, 0.717) is 22.8 Å². The minimum atomic E-state index is -0.550. The number of nitrogens with zero attached hydrogens (tertiary/aromatic N) is 5. The highest BCUT2D eigenvalue weighted by Gasteiger charge is 2.32. The summed E-state index contributed by atoms with van der Waals surface area (Å²) >= 11 is 0. The maximum absolute atomic E-state index is 12.6. The molecule has 8 heteroatoms. The number of carbonyl (C=O) groups is 2. The SMILES string of the molecule is CN(C)C1CN(C(=O)c2ccc(-c3ccc(C(N)=O)c4ncnn34)cc2)C1. The van der Waals surface area contributed by atoms with Gasteiger partial charge in [0.1, 0.15) is 6.33 Å². The summed E-state index contributed by atoms with van der Waals surface area (Å²) in [6.45, 7) is 1.50. The third-order valence-corrected chi connectivity index (χ3v) is 5.00. The molecule has 1 saturated heterocycles. The number of amides is 2. The first-order valence-electron chi connectivity index (χ1n) is 8.64. The smallest absolute Gasteiger partial charge is 0.253 e. The van der Waals surface area contributed by atoms with E-state index in [2.05, 4.69) is 15.0 Å². The van der Waals surface area contributed by atoms with Gasteiger partial charge in [0.05, 0.1) is 11.3 Å². The van der Waals surface area contributed by atoms with E-state index in [1.807, 2.05) is 43.3 Å². The third kappa shape index (κ3) is 2.93. The molecule has 0 saturated carbocycles. The zero-order chi connectivity index (χ0) is 19.1. The summed E-state index contributed by atoms with van der Waals surface area (Å²) in [6.07, 6.45) is 1.38. The van der Waals surface area contributed by atoms with Crippen molar-refractivity contribution in [2.75, 3.05) is 27.2 Å². The van der Waals surface area contributed by atoms with Crippen molar-refractivity contribution in [3.05, 3.63) is 53.9 Å². The summed E-state index contributed by atoms with van der Waals surface area (Å²) in [5.41, 5.74) is 8.41. The van der Waals surface area contributed by atoms with Gasteiger partial charge in [-0.1, -0.05) is 12.1 Å². The number of likely N-dealkylation sites (N-methyl/N-ethyl adjacent to an activating group) is 1. The molecule has 0 spiro atoms. The topological polar surface area (TPSA) is 96.8 Å². The summed E-state index contributed by atoms with van der Waals surface area (Å²) in [7, 11) is 4.05. The monoisotopic (exact) mass is 364 g/mol. The lowest BCUT2D eigenvalue weighted by Gasteiger charge is -2.42. The predicted octanol–water partition coefficient (Wildman–Crippen LogP) is 0.881. The van der Waals surface area contributed by atoms with Crippen LogP contribution in [0.25, 0.3) is 16.9 Å². The number of hydrogen-bond acceptors (Lipinski definition) is 5. The minimum absolute atomic E-state index is 0.0367. The van der Waals surface area contributed by atoms with Crippen LogP contribution in [0, 0.1) is 0 Å². The predicted molar refractivity (Wildman–Crippen MR) is 100 cm³/mol. The van der Waals surface area contributed by atoms with E-state index < -0.39 is 5.91 Å². The molecule has 27 heavy (non-hydrogen) atoms. The van der Waals surface area contributed by atoms with Crippen LogP contribution in [-0.2, 0) is 0 Å². The highest BCUT2D eigenvalue weighted by atomic mass is 16.2. The van der Waals surface area contributed by atoms with Gasteiger partial charge in [0.25, 0.3) is 11.8 Å². The Hall–Kier alpha value is -3.26. The lowest BCUT2D eigenvalue weighted by molar-refractivity contribution is 0.0399. The Morgan fingerprint density at radius 2 is 1.81 bits per heavy atom. The van der Waals surface area contributed by atoms with Crippen molar-refractivity contribution < 1.29 is 9.59 Å². The second-order valence-corrected chi connectivity index (χ2v) is 6.90. The van der Waals surface area contributed by atoms with Crippen LogP contribution < -0.4 is 5.73 Å². The second kappa shape index (κ2) is 6.48. The average molecular weight is 364 g/mol. The van der Waals surface area contributed by atoms with Gasteiger partial charge < -0.3 is 15.5 Å². The van der Waals surface area contributed by atoms with Crippen molar-refractivity contribution in [3.8, 4) is 11.3 Å². The van der Waals surface area contributed by atoms with Crippen molar-refractivity contribution in [2.24, 2.45) is 5.73 Å². The molecule has 3 heterocycles. The van der Waals surface area contributed by atoms with E-state index in [1.165, 1.54) is 6.33 Å². The van der Waals surface area contributed by atoms with Crippen LogP contribution >= 0.6 is 0 Å². The fourth-order valence-corrected chi connectivity index (χ4v) is 3.23. The van der Waals surface area contributed by atoms with Gasteiger partial charge in [-0.3, -0.25) is 9.59 Å². The van der Waals surface area contributed by atoms with Crippen LogP contribution in [0.4, 0.5) is 0 Å². The summed E-state index contributed by atoms with van der Waals surface area (Å²) in [5.74, 6) is -0.513. The lowest BCUT2D eigenvalue weighted by atomic mass is 10.0. The van der Waals surface area contributed by atoms with E-state index in [0.717, 1.165) is 24.3 Å². The summed E-state index contributed by atoms with van der Waals surface area (Å²) in [4.78, 5) is 32.2. The Morgan fingerprint density at radius 3 is 2.44 bits per heavy atom. The van der Waals surface area contributed by atoms with Crippen molar-refractivity contribution in [2.45, 2.75) is 6.04 Å². The van der Waals surface area contributed by atoms with Crippen molar-refractivity contribution in [1.82, 2.24) is 24.4 Å². The van der Waals surface area contributed by atoms with Crippen molar-refractivity contribution in [1.29, 1.82) is 0 Å². The van der Waals surface area contributed by atoms with Gasteiger partial charge in [-0.15, -0.1) is 0 Å². The molecule has 2 N–H and O–H groups in total. The van der Waals surface area contributed by atoms with Gasteiger partial charge in [-0.2, -0.15) is 5.10 Å². The van der Waals surface area contributed by atoms with Crippen LogP contribution in [0.3, 0.4) is 0 Å². The third-order valence-electron chi connectivity index (χ3n) is 5.00. The Balaban J connectivity index is 1.59. The Labute approximate surface area is 156 Å². The van der Waals surface area contributed by atoms with E-state index in [1.54, 1.807) is 16.6 Å². The number of aromatic nitrogens is 3. The molecule has 2 aromatic heterocycles. The average Bonchev–Trinajstić information content (AvgIpc) is 3.08. The summed E-state index contributed by atoms with van der Waals surface area (Å²) < 4.78 is 1.58. The molecule has 1 aliphatic heterocycles. The maximum atomic E-state index is 12.6. The van der Waals surface area contributed by atoms with Gasteiger partial charge in [0.15, 0.2) is 5.65 Å². The number of fused-ring (bicyclic) bond motifs is 1. The number of primary amides is 1. The first-order chi connectivity index (χ1) is 13.0. The molecule has 0 radical (unpaired) electrons. The van der Waals surface area contributed by atoms with Gasteiger partial charge in [0.2, 0.25) is 0 Å². The number of benzene rings is 1. The molecular formula is C19H20N6O2. The molecule has 0 unspecified atom stereocenters. The standard InChI is InChI=1S/C19H20N6O2/c1-23(2)14-9-24(10-14)19(27)13-5-3-12(4-6-13)16-8-7-15(17(20)26)18-21-11-22-25(16)18/h3-8,11,14H,9-10H2,1-2H3,(H2,20,26). The Kier molecular flexibility index (Phi) is 4.12. The molecule has 8 nitrogen and oxygen atoms in total. The van der Waals surface area contributed by atoms with E-state index in [9.17, 15) is 9.59 Å². The zero-order valence-corrected chi connectivity index (χ0v) is 15.2. The Morgan fingerprint density at radius 1 is 1.11 bits per heavy atom. The number of pyridine rings is 1. The van der Waals surface area contributed by atoms with E-state index in [-0.39, 0.29) is 5.91 Å². The number of hydrogen-bond donors (Lipinski definition) is 1. The molecule has 0 bridgehead atoms. The molecule has 0 aliphatic carbocycles. The number of likely N-dealkylation sites (tertiary alicyclic amines) is 1. The summed E-state index contributed by atoms with van der Waals surface area (Å²) in [6, 6.07) is 11.2. The maximum Gasteiger partial charge on any atom is 0.253 e. The van der Waals surface area contributed by atoms with Crippen LogP contribution in [0.15, 0.2) is 42.7 Å². The normalized spacial score (nSPS) is 14.6. The van der Waals surface area contributed by atoms with Crippen LogP contribution in [-0.4, -0.2) is 69.4 Å². The molecule has 1 fully saturated rings. The highest BCUT2D eigenvalue weighted by molar-refractivity contribution is 5.99. The first-order valence-corrected chi connectivity index (χ1v) is 8.64. The van der Waals surface area contributed by atoms with Crippen LogP contribution in [0.1, 0.15) is 20.7 Å². The first kappa shape index (κ1) is 17.2. The zero-order valence-electron chi connectivity index (χ0n) is 15.2. The molecule has 2 amide bonds. The fourth-order valence-electron chi connectivity index (χ4n) is 3.23. The van der Waals surface area contributed by atoms with Gasteiger partial charge >= 0.3 is 0 Å². The van der Waals surface area contributed by atoms with E-state index >= 15 is 0 Å². The second-order valence-electron chi connectivity index (χ2n) is 6.90.